The van der Waals surface area contributed by atoms with Crippen molar-refractivity contribution in [2.45, 2.75) is 26.4 Å². The van der Waals surface area contributed by atoms with Gasteiger partial charge in [0.15, 0.2) is 8.87 Å². The van der Waals surface area contributed by atoms with Gasteiger partial charge in [-0.25, -0.2) is 8.42 Å². The molecule has 0 spiro atoms. The van der Waals surface area contributed by atoms with Crippen LogP contribution in [0.5, 0.6) is 0 Å². The first-order chi connectivity index (χ1) is 5.81. The highest BCUT2D eigenvalue weighted by Gasteiger charge is 2.08. The second-order valence-electron chi connectivity index (χ2n) is 2.81. The Bertz CT molecular complexity index is 256. The van der Waals surface area contributed by atoms with Crippen molar-refractivity contribution in [1.29, 1.82) is 0 Å². The summed E-state index contributed by atoms with van der Waals surface area (Å²) in [5.41, 5.74) is 0. The fourth-order valence-corrected chi connectivity index (χ4v) is 2.31. The summed E-state index contributed by atoms with van der Waals surface area (Å²) in [5.74, 6) is -0.101. The lowest BCUT2D eigenvalue weighted by atomic mass is 10.4. The van der Waals surface area contributed by atoms with E-state index in [1.54, 1.807) is 13.8 Å². The van der Waals surface area contributed by atoms with Gasteiger partial charge in [0.1, 0.15) is 0 Å². The van der Waals surface area contributed by atoms with Gasteiger partial charge in [-0.05, 0) is 24.6 Å². The summed E-state index contributed by atoms with van der Waals surface area (Å²) in [6, 6.07) is 0. The highest BCUT2D eigenvalue weighted by atomic mass is 33.1. The first kappa shape index (κ1) is 12.8. The van der Waals surface area contributed by atoms with Crippen molar-refractivity contribution in [2.24, 2.45) is 0 Å². The fraction of sp³-hybridized carbons (Fsp3) is 0.857. The Kier molecular flexibility index (Phi) is 5.39. The Morgan fingerprint density at radius 2 is 2.00 bits per heavy atom. The zero-order valence-corrected chi connectivity index (χ0v) is 9.57. The molecule has 0 amide bonds. The molecule has 13 heavy (non-hydrogen) atoms. The molecule has 0 aliphatic rings. The van der Waals surface area contributed by atoms with E-state index in [1.807, 2.05) is 0 Å². The molecule has 0 bridgehead atoms. The lowest BCUT2D eigenvalue weighted by Crippen LogP contribution is -2.12. The minimum Gasteiger partial charge on any atom is -0.463 e. The van der Waals surface area contributed by atoms with Crippen LogP contribution in [0.15, 0.2) is 0 Å². The highest BCUT2D eigenvalue weighted by molar-refractivity contribution is 8.71. The summed E-state index contributed by atoms with van der Waals surface area (Å²) in [5, 5.41) is 0. The Hall–Kier alpha value is -0.230. The second kappa shape index (κ2) is 5.49. The molecule has 0 radical (unpaired) electrons. The molecule has 0 heterocycles. The molecule has 0 fully saturated rings. The lowest BCUT2D eigenvalue weighted by Gasteiger charge is -2.06. The van der Waals surface area contributed by atoms with Gasteiger partial charge in [-0.15, -0.1) is 0 Å². The lowest BCUT2D eigenvalue weighted by molar-refractivity contribution is -0.146. The normalized spacial score (nSPS) is 11.7. The molecule has 4 nitrogen and oxygen atoms in total. The SMILES string of the molecule is CC(C)OC(=O)CCSS(C)(=O)=O. The summed E-state index contributed by atoms with van der Waals surface area (Å²) >= 11 is 0. The van der Waals surface area contributed by atoms with Crippen molar-refractivity contribution in [2.75, 3.05) is 12.0 Å². The van der Waals surface area contributed by atoms with Gasteiger partial charge in [0.05, 0.1) is 12.5 Å². The van der Waals surface area contributed by atoms with Gasteiger partial charge in [0.2, 0.25) is 0 Å². The number of carbonyl (C=O) groups excluding carboxylic acids is 1. The van der Waals surface area contributed by atoms with E-state index in [9.17, 15) is 13.2 Å². The van der Waals surface area contributed by atoms with Crippen LogP contribution in [0.1, 0.15) is 20.3 Å². The smallest absolute Gasteiger partial charge is 0.306 e. The van der Waals surface area contributed by atoms with E-state index in [4.69, 9.17) is 4.74 Å². The van der Waals surface area contributed by atoms with Gasteiger partial charge in [0, 0.05) is 12.0 Å². The number of hydrogen-bond acceptors (Lipinski definition) is 5. The fourth-order valence-electron chi connectivity index (χ4n) is 0.598. The number of ether oxygens (including phenoxy) is 1. The van der Waals surface area contributed by atoms with Crippen molar-refractivity contribution in [3.05, 3.63) is 0 Å². The summed E-state index contributed by atoms with van der Waals surface area (Å²) in [4.78, 5) is 10.9. The van der Waals surface area contributed by atoms with Gasteiger partial charge in [-0.3, -0.25) is 4.79 Å². The predicted octanol–water partition coefficient (Wildman–Crippen LogP) is 1.02. The number of rotatable bonds is 5. The van der Waals surface area contributed by atoms with Crippen molar-refractivity contribution in [3.8, 4) is 0 Å². The third-order valence-corrected chi connectivity index (χ3v) is 3.55. The van der Waals surface area contributed by atoms with Crippen molar-refractivity contribution in [1.82, 2.24) is 0 Å². The number of esters is 1. The molecule has 0 atom stereocenters. The maximum Gasteiger partial charge on any atom is 0.306 e. The third-order valence-electron chi connectivity index (χ3n) is 0.971. The van der Waals surface area contributed by atoms with E-state index in [1.165, 1.54) is 0 Å². The number of hydrogen-bond donors (Lipinski definition) is 0. The molecule has 0 aliphatic carbocycles. The Morgan fingerprint density at radius 3 is 2.38 bits per heavy atom. The molecular formula is C7H14O4S2. The van der Waals surface area contributed by atoms with Crippen LogP contribution in [-0.4, -0.2) is 32.5 Å². The maximum absolute atomic E-state index is 10.9. The van der Waals surface area contributed by atoms with Crippen LogP contribution in [-0.2, 0) is 18.4 Å². The Balaban J connectivity index is 3.61. The predicted molar refractivity (Wildman–Crippen MR) is 53.1 cm³/mol. The molecule has 0 saturated carbocycles. The molecule has 0 unspecified atom stereocenters. The minimum absolute atomic E-state index is 0.135. The summed E-state index contributed by atoms with van der Waals surface area (Å²) in [6.07, 6.45) is 1.11. The molecule has 0 aromatic heterocycles. The molecule has 0 saturated heterocycles. The Labute approximate surface area is 82.4 Å². The zero-order chi connectivity index (χ0) is 10.5. The molecule has 0 aliphatic heterocycles. The summed E-state index contributed by atoms with van der Waals surface area (Å²) in [6.45, 7) is 3.50. The van der Waals surface area contributed by atoms with E-state index in [0.717, 1.165) is 17.0 Å². The van der Waals surface area contributed by atoms with E-state index >= 15 is 0 Å². The largest absolute Gasteiger partial charge is 0.463 e. The Morgan fingerprint density at radius 1 is 1.46 bits per heavy atom. The first-order valence-corrected chi connectivity index (χ1v) is 7.24. The molecule has 0 N–H and O–H groups in total. The van der Waals surface area contributed by atoms with E-state index in [-0.39, 0.29) is 24.2 Å². The molecule has 0 aromatic rings. The van der Waals surface area contributed by atoms with Crippen LogP contribution in [0.3, 0.4) is 0 Å². The summed E-state index contributed by atoms with van der Waals surface area (Å²) < 4.78 is 26.1. The highest BCUT2D eigenvalue weighted by Crippen LogP contribution is 2.11. The maximum atomic E-state index is 10.9. The first-order valence-electron chi connectivity index (χ1n) is 3.85. The van der Waals surface area contributed by atoms with Gasteiger partial charge in [0.25, 0.3) is 0 Å². The van der Waals surface area contributed by atoms with Crippen LogP contribution in [0, 0.1) is 0 Å². The van der Waals surface area contributed by atoms with Crippen LogP contribution in [0.4, 0.5) is 0 Å². The van der Waals surface area contributed by atoms with E-state index in [0.29, 0.717) is 0 Å². The third kappa shape index (κ3) is 9.69. The molecule has 6 heteroatoms. The van der Waals surface area contributed by atoms with E-state index < -0.39 is 8.87 Å². The van der Waals surface area contributed by atoms with Crippen molar-refractivity contribution < 1.29 is 17.9 Å². The van der Waals surface area contributed by atoms with Gasteiger partial charge >= 0.3 is 5.97 Å². The van der Waals surface area contributed by atoms with Crippen LogP contribution >= 0.6 is 10.8 Å². The zero-order valence-electron chi connectivity index (χ0n) is 7.94. The van der Waals surface area contributed by atoms with Crippen LogP contribution in [0.25, 0.3) is 0 Å². The number of carbonyl (C=O) groups is 1. The average Bonchev–Trinajstić information content (AvgIpc) is 1.81. The van der Waals surface area contributed by atoms with Gasteiger partial charge in [-0.1, -0.05) is 0 Å². The van der Waals surface area contributed by atoms with Crippen molar-refractivity contribution >= 4 is 25.6 Å². The molecule has 0 aromatic carbocycles. The topological polar surface area (TPSA) is 60.4 Å². The van der Waals surface area contributed by atoms with Crippen molar-refractivity contribution in [3.63, 3.8) is 0 Å². The van der Waals surface area contributed by atoms with E-state index in [2.05, 4.69) is 0 Å². The van der Waals surface area contributed by atoms with Crippen LogP contribution in [0.2, 0.25) is 0 Å². The quantitative estimate of drug-likeness (QED) is 0.517. The molecular weight excluding hydrogens is 212 g/mol. The minimum atomic E-state index is -3.04. The van der Waals surface area contributed by atoms with Gasteiger partial charge < -0.3 is 4.74 Å². The standard InChI is InChI=1S/C7H14O4S2/c1-6(2)11-7(8)4-5-12-13(3,9)10/h6H,4-5H2,1-3H3. The average molecular weight is 226 g/mol. The van der Waals surface area contributed by atoms with Gasteiger partial charge in [-0.2, -0.15) is 0 Å². The second-order valence-corrected chi connectivity index (χ2v) is 7.39. The molecule has 0 rings (SSSR count). The molecule has 78 valence electrons. The van der Waals surface area contributed by atoms with Crippen LogP contribution < -0.4 is 0 Å². The summed E-state index contributed by atoms with van der Waals surface area (Å²) in [7, 11) is -2.28. The monoisotopic (exact) mass is 226 g/mol.